The van der Waals surface area contributed by atoms with Crippen molar-refractivity contribution < 1.29 is 13.7 Å². The van der Waals surface area contributed by atoms with Crippen molar-refractivity contribution in [1.82, 2.24) is 18.7 Å². The first-order valence-corrected chi connectivity index (χ1v) is 14.8. The predicted molar refractivity (Wildman–Crippen MR) is 153 cm³/mol. The first-order chi connectivity index (χ1) is 18.6. The third-order valence-electron chi connectivity index (χ3n) is 6.98. The highest BCUT2D eigenvalue weighted by Gasteiger charge is 2.26. The molecule has 0 radical (unpaired) electrons. The van der Waals surface area contributed by atoms with E-state index < -0.39 is 34.4 Å². The van der Waals surface area contributed by atoms with Crippen LogP contribution >= 0.6 is 0 Å². The van der Waals surface area contributed by atoms with Gasteiger partial charge in [0, 0.05) is 44.5 Å². The molecule has 2 N–H and O–H groups in total. The van der Waals surface area contributed by atoms with Gasteiger partial charge in [-0.2, -0.15) is 4.98 Å². The standard InChI is InChI=1S/C27H36N6O5S/c1-5-18(2)11-13-32-23-24(29-26(32)31-12-7-9-20(28)15-31)30(3)27(36)33(25(23)35)16-22(34)19-8-6-10-21(14-19)38-17-39(4)37/h6,8,10-11,14,20H,5,7,9,12-13,15-17,28H2,1-4H3. The van der Waals surface area contributed by atoms with Crippen LogP contribution in [-0.4, -0.2) is 60.0 Å². The van der Waals surface area contributed by atoms with E-state index in [0.717, 1.165) is 35.9 Å². The van der Waals surface area contributed by atoms with Gasteiger partial charge in [0.25, 0.3) is 5.56 Å². The highest BCUT2D eigenvalue weighted by Crippen LogP contribution is 2.23. The van der Waals surface area contributed by atoms with Crippen LogP contribution in [0.3, 0.4) is 0 Å². The van der Waals surface area contributed by atoms with Crippen molar-refractivity contribution in [2.45, 2.75) is 52.2 Å². The van der Waals surface area contributed by atoms with Crippen molar-refractivity contribution in [3.63, 3.8) is 0 Å². The molecule has 0 amide bonds. The minimum atomic E-state index is -1.17. The molecule has 0 bridgehead atoms. The molecule has 2 unspecified atom stereocenters. The Balaban J connectivity index is 1.79. The number of rotatable bonds is 10. The summed E-state index contributed by atoms with van der Waals surface area (Å²) < 4.78 is 20.9. The molecule has 1 aliphatic rings. The van der Waals surface area contributed by atoms with Crippen molar-refractivity contribution >= 4 is 33.7 Å². The van der Waals surface area contributed by atoms with Gasteiger partial charge in [-0.1, -0.05) is 30.7 Å². The van der Waals surface area contributed by atoms with Crippen LogP contribution in [0.1, 0.15) is 43.5 Å². The number of nitrogens with two attached hydrogens (primary N) is 1. The minimum absolute atomic E-state index is 0.00454. The smallest absolute Gasteiger partial charge is 0.332 e. The van der Waals surface area contributed by atoms with Gasteiger partial charge in [-0.25, -0.2) is 4.79 Å². The molecule has 2 atom stereocenters. The Morgan fingerprint density at radius 3 is 2.74 bits per heavy atom. The molecule has 3 aromatic rings. The lowest BCUT2D eigenvalue weighted by molar-refractivity contribution is 0.0968. The van der Waals surface area contributed by atoms with Gasteiger partial charge in [0.15, 0.2) is 22.9 Å². The van der Waals surface area contributed by atoms with Crippen LogP contribution in [0.4, 0.5) is 5.95 Å². The summed E-state index contributed by atoms with van der Waals surface area (Å²) in [7, 11) is 0.389. The number of fused-ring (bicyclic) bond motifs is 1. The maximum absolute atomic E-state index is 13.8. The minimum Gasteiger partial charge on any atom is -0.480 e. The van der Waals surface area contributed by atoms with Crippen molar-refractivity contribution in [1.29, 1.82) is 0 Å². The van der Waals surface area contributed by atoms with Gasteiger partial charge in [0.1, 0.15) is 5.75 Å². The first-order valence-electron chi connectivity index (χ1n) is 13.0. The van der Waals surface area contributed by atoms with Crippen molar-refractivity contribution in [2.24, 2.45) is 12.8 Å². The lowest BCUT2D eigenvalue weighted by atomic mass is 10.1. The number of hydrogen-bond donors (Lipinski definition) is 1. The number of carbonyl (C=O) groups is 1. The Labute approximate surface area is 229 Å². The Morgan fingerprint density at radius 2 is 2.05 bits per heavy atom. The Kier molecular flexibility index (Phi) is 8.86. The molecule has 1 aromatic carbocycles. The van der Waals surface area contributed by atoms with Crippen LogP contribution in [0.2, 0.25) is 0 Å². The predicted octanol–water partition coefficient (Wildman–Crippen LogP) is 1.78. The second-order valence-electron chi connectivity index (χ2n) is 9.97. The van der Waals surface area contributed by atoms with E-state index in [1.807, 2.05) is 17.6 Å². The maximum atomic E-state index is 13.8. The van der Waals surface area contributed by atoms with Gasteiger partial charge < -0.3 is 19.9 Å². The number of carbonyl (C=O) groups excluding carboxylic acids is 1. The molecule has 0 spiro atoms. The fraction of sp³-hybridized carbons (Fsp3) is 0.481. The van der Waals surface area contributed by atoms with E-state index in [9.17, 15) is 18.6 Å². The van der Waals surface area contributed by atoms with Gasteiger partial charge in [0.2, 0.25) is 5.95 Å². The number of aryl methyl sites for hydroxylation is 1. The molecule has 4 rings (SSSR count). The van der Waals surface area contributed by atoms with E-state index in [4.69, 9.17) is 15.5 Å². The van der Waals surface area contributed by atoms with E-state index in [1.54, 1.807) is 25.2 Å². The van der Waals surface area contributed by atoms with E-state index in [0.29, 0.717) is 24.8 Å². The number of nitrogens with zero attached hydrogens (tertiary/aromatic N) is 5. The summed E-state index contributed by atoms with van der Waals surface area (Å²) in [5, 5.41) is 0. The second kappa shape index (κ2) is 12.1. The van der Waals surface area contributed by atoms with Gasteiger partial charge in [-0.3, -0.25) is 22.9 Å². The van der Waals surface area contributed by atoms with E-state index >= 15 is 0 Å². The number of imidazole rings is 1. The van der Waals surface area contributed by atoms with Crippen LogP contribution in [0.15, 0.2) is 45.5 Å². The average Bonchev–Trinajstić information content (AvgIpc) is 3.31. The third kappa shape index (κ3) is 6.22. The zero-order valence-corrected chi connectivity index (χ0v) is 23.7. The Morgan fingerprint density at radius 1 is 1.28 bits per heavy atom. The molecule has 0 saturated carbocycles. The van der Waals surface area contributed by atoms with E-state index in [1.165, 1.54) is 16.9 Å². The molecule has 0 aliphatic carbocycles. The number of aromatic nitrogens is 4. The number of hydrogen-bond acceptors (Lipinski definition) is 8. The number of piperidine rings is 1. The third-order valence-corrected chi connectivity index (χ3v) is 7.43. The molecule has 11 nitrogen and oxygen atoms in total. The lowest BCUT2D eigenvalue weighted by Crippen LogP contribution is -2.44. The zero-order valence-electron chi connectivity index (χ0n) is 22.9. The topological polar surface area (TPSA) is 134 Å². The highest BCUT2D eigenvalue weighted by molar-refractivity contribution is 7.84. The average molecular weight is 557 g/mol. The van der Waals surface area contributed by atoms with Gasteiger partial charge in [0.05, 0.1) is 17.3 Å². The number of benzene rings is 1. The van der Waals surface area contributed by atoms with E-state index in [2.05, 4.69) is 11.8 Å². The fourth-order valence-corrected chi connectivity index (χ4v) is 4.94. The van der Waals surface area contributed by atoms with Crippen molar-refractivity contribution in [3.05, 3.63) is 62.3 Å². The molecule has 3 heterocycles. The monoisotopic (exact) mass is 556 g/mol. The molecule has 12 heteroatoms. The number of anilines is 1. The molecular weight excluding hydrogens is 520 g/mol. The summed E-state index contributed by atoms with van der Waals surface area (Å²) in [5.74, 6) is 0.544. The molecule has 2 aromatic heterocycles. The number of ether oxygens (including phenoxy) is 1. The fourth-order valence-electron chi connectivity index (χ4n) is 4.64. The van der Waals surface area contributed by atoms with Gasteiger partial charge >= 0.3 is 5.69 Å². The SMILES string of the molecule is CCC(C)=CCn1c(N2CCCC(N)C2)nc2c1c(=O)n(CC(=O)c1cccc(OCS(C)=O)c1)c(=O)n2C. The van der Waals surface area contributed by atoms with Crippen LogP contribution in [0, 0.1) is 0 Å². The number of allylic oxidation sites excluding steroid dienone is 2. The van der Waals surface area contributed by atoms with Crippen LogP contribution in [0.5, 0.6) is 5.75 Å². The summed E-state index contributed by atoms with van der Waals surface area (Å²) in [6, 6.07) is 6.39. The molecule has 210 valence electrons. The Hall–Kier alpha value is -3.51. The normalized spacial score (nSPS) is 17.0. The van der Waals surface area contributed by atoms with Crippen LogP contribution in [0.25, 0.3) is 11.2 Å². The van der Waals surface area contributed by atoms with Crippen LogP contribution < -0.4 is 26.6 Å². The molecule has 1 fully saturated rings. The summed E-state index contributed by atoms with van der Waals surface area (Å²) in [6.45, 7) is 5.40. The molecule has 1 saturated heterocycles. The molecule has 39 heavy (non-hydrogen) atoms. The summed E-state index contributed by atoms with van der Waals surface area (Å²) in [6.07, 6.45) is 6.25. The zero-order chi connectivity index (χ0) is 28.3. The first kappa shape index (κ1) is 28.5. The summed E-state index contributed by atoms with van der Waals surface area (Å²) >= 11 is 0. The van der Waals surface area contributed by atoms with Gasteiger partial charge in [-0.05, 0) is 38.3 Å². The van der Waals surface area contributed by atoms with Crippen molar-refractivity contribution in [3.8, 4) is 5.75 Å². The molecule has 1 aliphatic heterocycles. The van der Waals surface area contributed by atoms with Crippen molar-refractivity contribution in [2.75, 3.05) is 30.2 Å². The number of Topliss-reactive ketones (excluding diaryl/α,β-unsaturated/α-hetero) is 1. The van der Waals surface area contributed by atoms with E-state index in [-0.39, 0.29) is 28.7 Å². The second-order valence-corrected chi connectivity index (χ2v) is 11.3. The summed E-state index contributed by atoms with van der Waals surface area (Å²) in [5.41, 5.74) is 7.02. The maximum Gasteiger partial charge on any atom is 0.332 e. The highest BCUT2D eigenvalue weighted by atomic mass is 32.2. The lowest BCUT2D eigenvalue weighted by Gasteiger charge is -2.31. The Bertz CT molecular complexity index is 1550. The van der Waals surface area contributed by atoms with Gasteiger partial charge in [-0.15, -0.1) is 0 Å². The largest absolute Gasteiger partial charge is 0.480 e. The quantitative estimate of drug-likeness (QED) is 0.295. The number of ketones is 1. The molecular formula is C27H36N6O5S. The van der Waals surface area contributed by atoms with Crippen LogP contribution in [-0.2, 0) is 30.9 Å². The summed E-state index contributed by atoms with van der Waals surface area (Å²) in [4.78, 5) is 47.1.